The predicted molar refractivity (Wildman–Crippen MR) is 124 cm³/mol. The van der Waals surface area contributed by atoms with E-state index in [-0.39, 0.29) is 18.0 Å². The number of carbonyl (C=O) groups is 1. The smallest absolute Gasteiger partial charge is 0.316 e. The van der Waals surface area contributed by atoms with Crippen LogP contribution in [-0.2, 0) is 14.9 Å². The van der Waals surface area contributed by atoms with Crippen molar-refractivity contribution in [1.29, 1.82) is 0 Å². The molecule has 3 nitrogen and oxygen atoms in total. The number of aliphatic hydroxyl groups is 1. The van der Waals surface area contributed by atoms with E-state index >= 15 is 0 Å². The van der Waals surface area contributed by atoms with Crippen molar-refractivity contribution in [2.45, 2.75) is 71.8 Å². The van der Waals surface area contributed by atoms with E-state index in [9.17, 15) is 4.79 Å². The van der Waals surface area contributed by atoms with Crippen LogP contribution >= 0.6 is 34.4 Å². The zero-order valence-electron chi connectivity index (χ0n) is 17.6. The lowest BCUT2D eigenvalue weighted by Gasteiger charge is -2.33. The molecule has 1 unspecified atom stereocenters. The zero-order chi connectivity index (χ0) is 20.7. The second-order valence-corrected chi connectivity index (χ2v) is 11.5. The van der Waals surface area contributed by atoms with Crippen LogP contribution in [0.1, 0.15) is 66.4 Å². The number of hydrogen-bond acceptors (Lipinski definition) is 4. The van der Waals surface area contributed by atoms with Crippen molar-refractivity contribution in [2.75, 3.05) is 18.1 Å². The van der Waals surface area contributed by atoms with E-state index in [4.69, 9.17) is 9.84 Å². The Kier molecular flexibility index (Phi) is 9.62. The number of halogens is 1. The van der Waals surface area contributed by atoms with Crippen molar-refractivity contribution in [2.24, 2.45) is 5.41 Å². The Bertz CT molecular complexity index is 610. The van der Waals surface area contributed by atoms with Gasteiger partial charge in [-0.3, -0.25) is 4.79 Å². The fourth-order valence-electron chi connectivity index (χ4n) is 2.99. The lowest BCUT2D eigenvalue weighted by Crippen LogP contribution is -2.39. The maximum Gasteiger partial charge on any atom is 0.316 e. The van der Waals surface area contributed by atoms with Crippen molar-refractivity contribution >= 4 is 40.3 Å². The minimum absolute atomic E-state index is 0.149. The minimum atomic E-state index is -0.650. The number of esters is 1. The van der Waals surface area contributed by atoms with Crippen molar-refractivity contribution < 1.29 is 14.6 Å². The van der Waals surface area contributed by atoms with Crippen molar-refractivity contribution in [3.8, 4) is 0 Å². The minimum Gasteiger partial charge on any atom is -0.459 e. The van der Waals surface area contributed by atoms with Crippen LogP contribution in [0.4, 0.5) is 0 Å². The number of ether oxygens (including phenoxy) is 1. The predicted octanol–water partition coefficient (Wildman–Crippen LogP) is 5.81. The summed E-state index contributed by atoms with van der Waals surface area (Å²) < 4.78 is 6.91. The third-order valence-electron chi connectivity index (χ3n) is 4.57. The highest BCUT2D eigenvalue weighted by atomic mass is 127. The Labute approximate surface area is 183 Å². The highest BCUT2D eigenvalue weighted by Gasteiger charge is 2.39. The number of hydrogen-bond donors (Lipinski definition) is 1. The molecule has 0 aromatic heterocycles. The molecule has 1 atom stereocenters. The topological polar surface area (TPSA) is 46.5 Å². The fraction of sp³-hybridized carbons (Fsp3) is 0.682. The lowest BCUT2D eigenvalue weighted by molar-refractivity contribution is -0.162. The molecule has 0 aliphatic rings. The molecule has 1 N–H and O–H groups in total. The molecule has 0 heterocycles. The summed E-state index contributed by atoms with van der Waals surface area (Å²) in [4.78, 5) is 13.1. The van der Waals surface area contributed by atoms with Crippen LogP contribution in [0.15, 0.2) is 24.3 Å². The Hall–Kier alpha value is -0.270. The first-order chi connectivity index (χ1) is 12.4. The van der Waals surface area contributed by atoms with E-state index in [0.717, 1.165) is 39.9 Å². The second-order valence-electron chi connectivity index (χ2n) is 9.14. The van der Waals surface area contributed by atoms with Crippen LogP contribution in [0.3, 0.4) is 0 Å². The summed E-state index contributed by atoms with van der Waals surface area (Å²) in [6.07, 6.45) is 2.75. The Morgan fingerprint density at radius 1 is 1.15 bits per heavy atom. The highest BCUT2D eigenvalue weighted by Crippen LogP contribution is 2.36. The van der Waals surface area contributed by atoms with Gasteiger partial charge in [0, 0.05) is 9.32 Å². The van der Waals surface area contributed by atoms with Crippen LogP contribution in [0.5, 0.6) is 0 Å². The van der Waals surface area contributed by atoms with Crippen molar-refractivity contribution in [3.63, 3.8) is 0 Å². The van der Waals surface area contributed by atoms with Crippen LogP contribution in [0.25, 0.3) is 0 Å². The number of rotatable bonds is 10. The van der Waals surface area contributed by atoms with Gasteiger partial charge in [-0.1, -0.05) is 32.4 Å². The van der Waals surface area contributed by atoms with Gasteiger partial charge in [-0.05, 0) is 92.0 Å². The molecule has 0 bridgehead atoms. The number of thioether (sulfide) groups is 1. The Morgan fingerprint density at radius 3 is 2.37 bits per heavy atom. The lowest BCUT2D eigenvalue weighted by atomic mass is 9.76. The molecular weight excluding hydrogens is 471 g/mol. The van der Waals surface area contributed by atoms with E-state index < -0.39 is 11.0 Å². The number of carbonyl (C=O) groups excluding carboxylic acids is 1. The maximum absolute atomic E-state index is 13.1. The first-order valence-corrected chi connectivity index (χ1v) is 11.8. The largest absolute Gasteiger partial charge is 0.459 e. The molecular formula is C22H35IO3S. The van der Waals surface area contributed by atoms with Crippen molar-refractivity contribution in [3.05, 3.63) is 33.4 Å². The SMILES string of the molecule is CC(C)(CCCC(C)(C(=O)OC(C)(C)C)c1cccc(I)c1)CSCCO. The molecule has 1 aromatic carbocycles. The summed E-state index contributed by atoms with van der Waals surface area (Å²) in [5.41, 5.74) is 0.0550. The molecule has 1 rings (SSSR count). The average Bonchev–Trinajstić information content (AvgIpc) is 2.53. The van der Waals surface area contributed by atoms with Crippen molar-refractivity contribution in [1.82, 2.24) is 0 Å². The molecule has 0 radical (unpaired) electrons. The van der Waals surface area contributed by atoms with Gasteiger partial charge in [0.25, 0.3) is 0 Å². The first-order valence-electron chi connectivity index (χ1n) is 9.58. The van der Waals surface area contributed by atoms with Gasteiger partial charge in [0.15, 0.2) is 0 Å². The fourth-order valence-corrected chi connectivity index (χ4v) is 4.51. The van der Waals surface area contributed by atoms with Gasteiger partial charge in [-0.25, -0.2) is 0 Å². The Morgan fingerprint density at radius 2 is 1.81 bits per heavy atom. The molecule has 0 saturated heterocycles. The van der Waals surface area contributed by atoms with E-state index in [2.05, 4.69) is 42.5 Å². The van der Waals surface area contributed by atoms with Gasteiger partial charge in [0.05, 0.1) is 12.0 Å². The molecule has 0 fully saturated rings. The summed E-state index contributed by atoms with van der Waals surface area (Å²) in [5, 5.41) is 8.98. The molecule has 0 saturated carbocycles. The molecule has 27 heavy (non-hydrogen) atoms. The summed E-state index contributed by atoms with van der Waals surface area (Å²) in [5.74, 6) is 1.64. The van der Waals surface area contributed by atoms with Crippen LogP contribution in [0.2, 0.25) is 0 Å². The Balaban J connectivity index is 2.91. The first kappa shape index (κ1) is 24.8. The van der Waals surface area contributed by atoms with Crippen LogP contribution in [0, 0.1) is 8.99 Å². The molecule has 1 aromatic rings. The van der Waals surface area contributed by atoms with E-state index in [1.54, 1.807) is 11.8 Å². The summed E-state index contributed by atoms with van der Waals surface area (Å²) >= 11 is 4.08. The maximum atomic E-state index is 13.1. The third kappa shape index (κ3) is 8.73. The van der Waals surface area contributed by atoms with Gasteiger partial charge in [0.2, 0.25) is 0 Å². The molecule has 0 aliphatic heterocycles. The normalized spacial score (nSPS) is 14.7. The molecule has 0 amide bonds. The molecule has 0 aliphatic carbocycles. The molecule has 154 valence electrons. The summed E-state index contributed by atoms with van der Waals surface area (Å²) in [6, 6.07) is 8.18. The average molecular weight is 506 g/mol. The monoisotopic (exact) mass is 506 g/mol. The molecule has 0 spiro atoms. The number of benzene rings is 1. The standard InChI is InChI=1S/C22H35IO3S/c1-20(2,3)26-19(25)22(6,17-9-7-10-18(23)15-17)12-8-11-21(4,5)16-27-14-13-24/h7,9-10,15,24H,8,11-14,16H2,1-6H3. The van der Waals surface area contributed by atoms with Crippen LogP contribution < -0.4 is 0 Å². The molecule has 5 heteroatoms. The van der Waals surface area contributed by atoms with E-state index in [1.165, 1.54) is 0 Å². The van der Waals surface area contributed by atoms with E-state index in [1.807, 2.05) is 45.9 Å². The van der Waals surface area contributed by atoms with E-state index in [0.29, 0.717) is 0 Å². The highest BCUT2D eigenvalue weighted by molar-refractivity contribution is 14.1. The third-order valence-corrected chi connectivity index (χ3v) is 6.70. The quantitative estimate of drug-likeness (QED) is 0.247. The van der Waals surface area contributed by atoms with Gasteiger partial charge in [-0.15, -0.1) is 0 Å². The van der Waals surface area contributed by atoms with Gasteiger partial charge >= 0.3 is 5.97 Å². The number of aliphatic hydroxyl groups excluding tert-OH is 1. The van der Waals surface area contributed by atoms with Crippen LogP contribution in [-0.4, -0.2) is 34.8 Å². The second kappa shape index (κ2) is 10.5. The summed E-state index contributed by atoms with van der Waals surface area (Å²) in [7, 11) is 0. The van der Waals surface area contributed by atoms with Gasteiger partial charge < -0.3 is 9.84 Å². The zero-order valence-corrected chi connectivity index (χ0v) is 20.6. The van der Waals surface area contributed by atoms with Gasteiger partial charge in [0.1, 0.15) is 5.60 Å². The summed E-state index contributed by atoms with van der Waals surface area (Å²) in [6.45, 7) is 12.5. The van der Waals surface area contributed by atoms with Gasteiger partial charge in [-0.2, -0.15) is 11.8 Å².